The fourth-order valence-corrected chi connectivity index (χ4v) is 5.14. The van der Waals surface area contributed by atoms with E-state index in [2.05, 4.69) is 47.7 Å². The van der Waals surface area contributed by atoms with Gasteiger partial charge in [0.2, 0.25) is 0 Å². The maximum absolute atomic E-state index is 5.39. The average Bonchev–Trinajstić information content (AvgIpc) is 3.13. The second-order valence-corrected chi connectivity index (χ2v) is 7.23. The van der Waals surface area contributed by atoms with Gasteiger partial charge >= 0.3 is 0 Å². The molecule has 3 heteroatoms. The monoisotopic (exact) mass is 299 g/mol. The second kappa shape index (κ2) is 5.15. The highest BCUT2D eigenvalue weighted by Gasteiger charge is 2.41. The highest BCUT2D eigenvalue weighted by Crippen LogP contribution is 2.51. The van der Waals surface area contributed by atoms with Gasteiger partial charge in [0.25, 0.3) is 0 Å². The third-order valence-corrected chi connectivity index (χ3v) is 6.18. The minimum Gasteiger partial charge on any atom is -0.497 e. The van der Waals surface area contributed by atoms with E-state index in [1.807, 2.05) is 11.3 Å². The number of thiophene rings is 1. The summed E-state index contributed by atoms with van der Waals surface area (Å²) in [6.45, 7) is 0. The lowest BCUT2D eigenvalue weighted by molar-refractivity contribution is 0.0759. The molecule has 0 saturated carbocycles. The third kappa shape index (κ3) is 2.11. The molecule has 0 spiro atoms. The van der Waals surface area contributed by atoms with Crippen molar-refractivity contribution in [2.45, 2.75) is 31.3 Å². The van der Waals surface area contributed by atoms with Crippen LogP contribution in [0.5, 0.6) is 5.75 Å². The number of methoxy groups -OCH3 is 1. The van der Waals surface area contributed by atoms with Crippen molar-refractivity contribution >= 4 is 11.3 Å². The number of ether oxygens (including phenoxy) is 1. The molecule has 0 N–H and O–H groups in total. The molecule has 0 radical (unpaired) electrons. The Balaban J connectivity index is 1.68. The van der Waals surface area contributed by atoms with E-state index in [-0.39, 0.29) is 0 Å². The highest BCUT2D eigenvalue weighted by molar-refractivity contribution is 7.10. The first-order valence-corrected chi connectivity index (χ1v) is 8.58. The van der Waals surface area contributed by atoms with Crippen molar-refractivity contribution < 1.29 is 4.74 Å². The van der Waals surface area contributed by atoms with Crippen molar-refractivity contribution in [3.05, 3.63) is 51.7 Å². The maximum Gasteiger partial charge on any atom is 0.119 e. The summed E-state index contributed by atoms with van der Waals surface area (Å²) in [6.07, 6.45) is 3.82. The summed E-state index contributed by atoms with van der Waals surface area (Å²) in [4.78, 5) is 4.12. The number of hydrogen-bond acceptors (Lipinski definition) is 3. The van der Waals surface area contributed by atoms with Crippen LogP contribution in [0.25, 0.3) is 0 Å². The van der Waals surface area contributed by atoms with Gasteiger partial charge in [-0.05, 0) is 66.9 Å². The van der Waals surface area contributed by atoms with E-state index in [0.29, 0.717) is 12.1 Å². The molecule has 2 aromatic rings. The summed E-state index contributed by atoms with van der Waals surface area (Å²) in [5.41, 5.74) is 3.01. The molecule has 4 rings (SSSR count). The molecule has 2 nitrogen and oxygen atoms in total. The van der Waals surface area contributed by atoms with Gasteiger partial charge in [-0.2, -0.15) is 0 Å². The van der Waals surface area contributed by atoms with E-state index in [1.54, 1.807) is 7.11 Å². The molecule has 1 saturated heterocycles. The lowest BCUT2D eigenvalue weighted by Gasteiger charge is -2.41. The van der Waals surface area contributed by atoms with E-state index in [4.69, 9.17) is 4.74 Å². The van der Waals surface area contributed by atoms with Crippen LogP contribution in [0.2, 0.25) is 0 Å². The molecule has 2 aliphatic rings. The minimum absolute atomic E-state index is 0.576. The van der Waals surface area contributed by atoms with Gasteiger partial charge in [0.15, 0.2) is 0 Å². The van der Waals surface area contributed by atoms with Crippen molar-refractivity contribution in [1.82, 2.24) is 4.90 Å². The smallest absolute Gasteiger partial charge is 0.119 e. The van der Waals surface area contributed by atoms with Gasteiger partial charge in [-0.3, -0.25) is 4.90 Å². The summed E-state index contributed by atoms with van der Waals surface area (Å²) in [6, 6.07) is 12.3. The second-order valence-electron chi connectivity index (χ2n) is 6.25. The minimum atomic E-state index is 0.576. The van der Waals surface area contributed by atoms with Gasteiger partial charge < -0.3 is 4.74 Å². The number of hydrogen-bond donors (Lipinski definition) is 0. The predicted octanol–water partition coefficient (Wildman–Crippen LogP) is 4.44. The molecule has 1 aromatic carbocycles. The Morgan fingerprint density at radius 3 is 2.90 bits per heavy atom. The Hall–Kier alpha value is -1.32. The van der Waals surface area contributed by atoms with Crippen molar-refractivity contribution in [1.29, 1.82) is 0 Å². The first kappa shape index (κ1) is 13.4. The first-order chi connectivity index (χ1) is 10.3. The molecule has 1 aliphatic carbocycles. The summed E-state index contributed by atoms with van der Waals surface area (Å²) < 4.78 is 5.39. The molecule has 2 heterocycles. The van der Waals surface area contributed by atoms with E-state index in [0.717, 1.165) is 11.7 Å². The fourth-order valence-electron chi connectivity index (χ4n) is 4.23. The zero-order valence-electron chi connectivity index (χ0n) is 12.6. The fraction of sp³-hybridized carbons (Fsp3) is 0.444. The molecule has 1 aliphatic heterocycles. The number of piperidine rings is 1. The van der Waals surface area contributed by atoms with Crippen LogP contribution in [0.1, 0.15) is 40.9 Å². The quantitative estimate of drug-likeness (QED) is 0.813. The van der Waals surface area contributed by atoms with Gasteiger partial charge in [0.1, 0.15) is 5.75 Å². The Labute approximate surface area is 130 Å². The molecule has 110 valence electrons. The maximum atomic E-state index is 5.39. The molecule has 1 aromatic heterocycles. The van der Waals surface area contributed by atoms with Crippen LogP contribution in [0, 0.1) is 5.92 Å². The van der Waals surface area contributed by atoms with Gasteiger partial charge in [0, 0.05) is 17.0 Å². The van der Waals surface area contributed by atoms with Crippen LogP contribution in [-0.4, -0.2) is 19.1 Å². The van der Waals surface area contributed by atoms with Gasteiger partial charge in [-0.15, -0.1) is 11.3 Å². The normalized spacial score (nSPS) is 28.2. The molecular weight excluding hydrogens is 278 g/mol. The number of rotatable bonds is 2. The zero-order valence-corrected chi connectivity index (χ0v) is 13.4. The van der Waals surface area contributed by atoms with E-state index in [1.165, 1.54) is 35.3 Å². The van der Waals surface area contributed by atoms with Crippen molar-refractivity contribution in [3.8, 4) is 5.75 Å². The lowest BCUT2D eigenvalue weighted by atomic mass is 9.86. The summed E-state index contributed by atoms with van der Waals surface area (Å²) >= 11 is 1.89. The van der Waals surface area contributed by atoms with E-state index < -0.39 is 0 Å². The third-order valence-electron chi connectivity index (χ3n) is 5.21. The van der Waals surface area contributed by atoms with Gasteiger partial charge in [-0.25, -0.2) is 0 Å². The van der Waals surface area contributed by atoms with Gasteiger partial charge in [-0.1, -0.05) is 12.1 Å². The molecule has 3 atom stereocenters. The standard InChI is InChI=1S/C18H21NOS/c1-19-16(17-4-3-9-21-17)8-5-12-10-13-11-14(20-2)6-7-15(13)18(12)19/h3-4,6-7,9,11-12,16,18H,5,8,10H2,1-2H3. The van der Waals surface area contributed by atoms with Crippen molar-refractivity contribution in [2.75, 3.05) is 14.2 Å². The zero-order chi connectivity index (χ0) is 14.4. The van der Waals surface area contributed by atoms with Crippen LogP contribution >= 0.6 is 11.3 Å². The molecule has 3 unspecified atom stereocenters. The Morgan fingerprint density at radius 2 is 2.14 bits per heavy atom. The van der Waals surface area contributed by atoms with E-state index >= 15 is 0 Å². The SMILES string of the molecule is COc1ccc2c(c1)CC1CCC(c3cccs3)N(C)C21. The lowest BCUT2D eigenvalue weighted by Crippen LogP contribution is -2.36. The number of likely N-dealkylation sites (tertiary alicyclic amines) is 1. The topological polar surface area (TPSA) is 12.5 Å². The summed E-state index contributed by atoms with van der Waals surface area (Å²) in [7, 11) is 4.06. The van der Waals surface area contributed by atoms with E-state index in [9.17, 15) is 0 Å². The molecular formula is C18H21NOS. The summed E-state index contributed by atoms with van der Waals surface area (Å²) in [5, 5.41) is 2.20. The molecule has 0 amide bonds. The summed E-state index contributed by atoms with van der Waals surface area (Å²) in [5.74, 6) is 1.76. The Morgan fingerprint density at radius 1 is 1.24 bits per heavy atom. The molecule has 1 fully saturated rings. The molecule has 21 heavy (non-hydrogen) atoms. The van der Waals surface area contributed by atoms with Crippen LogP contribution in [0.3, 0.4) is 0 Å². The number of nitrogens with zero attached hydrogens (tertiary/aromatic N) is 1. The number of benzene rings is 1. The van der Waals surface area contributed by atoms with Crippen molar-refractivity contribution in [2.24, 2.45) is 5.92 Å². The Kier molecular flexibility index (Phi) is 3.27. The largest absolute Gasteiger partial charge is 0.497 e. The molecule has 0 bridgehead atoms. The van der Waals surface area contributed by atoms with Crippen LogP contribution in [0.4, 0.5) is 0 Å². The van der Waals surface area contributed by atoms with Crippen molar-refractivity contribution in [3.63, 3.8) is 0 Å². The first-order valence-electron chi connectivity index (χ1n) is 7.70. The van der Waals surface area contributed by atoms with Crippen LogP contribution < -0.4 is 4.74 Å². The van der Waals surface area contributed by atoms with Crippen LogP contribution in [0.15, 0.2) is 35.7 Å². The average molecular weight is 299 g/mol. The van der Waals surface area contributed by atoms with Crippen LogP contribution in [-0.2, 0) is 6.42 Å². The highest BCUT2D eigenvalue weighted by atomic mass is 32.1. The number of fused-ring (bicyclic) bond motifs is 3. The predicted molar refractivity (Wildman–Crippen MR) is 87.0 cm³/mol. The van der Waals surface area contributed by atoms with Gasteiger partial charge in [0.05, 0.1) is 7.11 Å². The Bertz CT molecular complexity index is 637.